The van der Waals surface area contributed by atoms with Crippen LogP contribution in [0.25, 0.3) is 0 Å². The molecular weight excluding hydrogens is 362 g/mol. The Hall–Kier alpha value is -3.49. The number of carbonyl (C=O) groups excluding carboxylic acids is 1. The van der Waals surface area contributed by atoms with E-state index in [2.05, 4.69) is 10.6 Å². The summed E-state index contributed by atoms with van der Waals surface area (Å²) in [6.45, 7) is 0.00649. The summed E-state index contributed by atoms with van der Waals surface area (Å²) >= 11 is 5.94. The van der Waals surface area contributed by atoms with Crippen LogP contribution in [0.1, 0.15) is 5.56 Å². The van der Waals surface area contributed by atoms with Gasteiger partial charge in [0.2, 0.25) is 5.91 Å². The first-order chi connectivity index (χ1) is 13.2. The number of nitrogens with one attached hydrogen (secondary N) is 2. The van der Waals surface area contributed by atoms with E-state index in [1.807, 2.05) is 60.7 Å². The third-order valence-corrected chi connectivity index (χ3v) is 3.91. The highest BCUT2D eigenvalue weighted by Gasteiger charge is 2.10. The topological polar surface area (TPSA) is 74.2 Å². The average Bonchev–Trinajstić information content (AvgIpc) is 2.68. The van der Waals surface area contributed by atoms with Gasteiger partial charge < -0.3 is 15.4 Å². The first-order valence-corrected chi connectivity index (χ1v) is 8.59. The number of para-hydroxylation sites is 3. The molecule has 134 valence electrons. The predicted octanol–water partition coefficient (Wildman–Crippen LogP) is 5.05. The molecule has 0 aliphatic heterocycles. The van der Waals surface area contributed by atoms with E-state index in [4.69, 9.17) is 21.6 Å². The summed E-state index contributed by atoms with van der Waals surface area (Å²) in [7, 11) is 0. The molecule has 3 aromatic carbocycles. The second-order valence-electron chi connectivity index (χ2n) is 5.61. The van der Waals surface area contributed by atoms with Crippen LogP contribution in [-0.4, -0.2) is 12.5 Å². The monoisotopic (exact) mass is 377 g/mol. The molecule has 0 saturated heterocycles. The molecule has 5 nitrogen and oxygen atoms in total. The minimum Gasteiger partial charge on any atom is -0.455 e. The van der Waals surface area contributed by atoms with Crippen LogP contribution in [0.15, 0.2) is 72.8 Å². The lowest BCUT2D eigenvalue weighted by molar-refractivity contribution is -0.114. The number of ether oxygens (including phenoxy) is 1. The van der Waals surface area contributed by atoms with Crippen LogP contribution in [0.3, 0.4) is 0 Å². The highest BCUT2D eigenvalue weighted by atomic mass is 35.5. The van der Waals surface area contributed by atoms with Gasteiger partial charge in [0.05, 0.1) is 23.5 Å². The molecule has 2 N–H and O–H groups in total. The van der Waals surface area contributed by atoms with Gasteiger partial charge in [0.25, 0.3) is 0 Å². The van der Waals surface area contributed by atoms with E-state index in [1.54, 1.807) is 18.2 Å². The molecule has 3 rings (SSSR count). The fourth-order valence-electron chi connectivity index (χ4n) is 2.40. The SMILES string of the molecule is N#Cc1ccc(Cl)cc1NC(=O)CNc1ccccc1Oc1ccccc1. The summed E-state index contributed by atoms with van der Waals surface area (Å²) in [5.74, 6) is 1.01. The van der Waals surface area contributed by atoms with Crippen LogP contribution < -0.4 is 15.4 Å². The Morgan fingerprint density at radius 2 is 1.74 bits per heavy atom. The van der Waals surface area contributed by atoms with Crippen LogP contribution in [0.2, 0.25) is 5.02 Å². The third kappa shape index (κ3) is 5.00. The zero-order valence-corrected chi connectivity index (χ0v) is 15.0. The Balaban J connectivity index is 1.66. The van der Waals surface area contributed by atoms with Gasteiger partial charge in [-0.15, -0.1) is 0 Å². The molecule has 3 aromatic rings. The first-order valence-electron chi connectivity index (χ1n) is 8.21. The fourth-order valence-corrected chi connectivity index (χ4v) is 2.58. The maximum Gasteiger partial charge on any atom is 0.243 e. The first kappa shape index (κ1) is 18.3. The summed E-state index contributed by atoms with van der Waals surface area (Å²) in [4.78, 5) is 12.3. The van der Waals surface area contributed by atoms with Crippen molar-refractivity contribution in [3.05, 3.63) is 83.4 Å². The number of amides is 1. The van der Waals surface area contributed by atoms with Gasteiger partial charge in [-0.2, -0.15) is 5.26 Å². The Bertz CT molecular complexity index is 984. The van der Waals surface area contributed by atoms with E-state index in [9.17, 15) is 4.79 Å². The standard InChI is InChI=1S/C21H16ClN3O2/c22-16-11-10-15(13-23)19(12-16)25-21(26)14-24-18-8-4-5-9-20(18)27-17-6-2-1-3-7-17/h1-12,24H,14H2,(H,25,26). The zero-order valence-electron chi connectivity index (χ0n) is 14.3. The molecule has 0 atom stereocenters. The molecule has 0 aliphatic rings. The Morgan fingerprint density at radius 3 is 2.52 bits per heavy atom. The number of hydrogen-bond donors (Lipinski definition) is 2. The Kier molecular flexibility index (Phi) is 5.93. The normalized spacial score (nSPS) is 9.93. The maximum absolute atomic E-state index is 12.3. The summed E-state index contributed by atoms with van der Waals surface area (Å²) in [5, 5.41) is 15.3. The van der Waals surface area contributed by atoms with Gasteiger partial charge in [-0.05, 0) is 42.5 Å². The van der Waals surface area contributed by atoms with Gasteiger partial charge in [-0.25, -0.2) is 0 Å². The number of benzene rings is 3. The molecule has 6 heteroatoms. The quantitative estimate of drug-likeness (QED) is 0.630. The summed E-state index contributed by atoms with van der Waals surface area (Å²) in [5.41, 5.74) is 1.41. The maximum atomic E-state index is 12.3. The van der Waals surface area contributed by atoms with Gasteiger partial charge >= 0.3 is 0 Å². The van der Waals surface area contributed by atoms with Crippen LogP contribution in [0, 0.1) is 11.3 Å². The lowest BCUT2D eigenvalue weighted by atomic mass is 10.2. The summed E-state index contributed by atoms with van der Waals surface area (Å²) in [6, 6.07) is 23.5. The Labute approximate surface area is 162 Å². The van der Waals surface area contributed by atoms with Crippen molar-refractivity contribution >= 4 is 28.9 Å². The molecule has 0 aromatic heterocycles. The van der Waals surface area contributed by atoms with Gasteiger partial charge in [0, 0.05) is 5.02 Å². The van der Waals surface area contributed by atoms with Crippen molar-refractivity contribution < 1.29 is 9.53 Å². The number of anilines is 2. The van der Waals surface area contributed by atoms with Gasteiger partial charge in [-0.3, -0.25) is 4.79 Å². The van der Waals surface area contributed by atoms with Crippen molar-refractivity contribution in [3.8, 4) is 17.6 Å². The van der Waals surface area contributed by atoms with Crippen LogP contribution in [-0.2, 0) is 4.79 Å². The molecule has 27 heavy (non-hydrogen) atoms. The molecule has 1 amide bonds. The minimum atomic E-state index is -0.303. The lowest BCUT2D eigenvalue weighted by Crippen LogP contribution is -2.22. The number of hydrogen-bond acceptors (Lipinski definition) is 4. The van der Waals surface area contributed by atoms with Crippen LogP contribution >= 0.6 is 11.6 Å². The smallest absolute Gasteiger partial charge is 0.243 e. The van der Waals surface area contributed by atoms with Crippen molar-refractivity contribution in [2.24, 2.45) is 0 Å². The third-order valence-electron chi connectivity index (χ3n) is 3.67. The molecule has 0 saturated carbocycles. The molecule has 0 unspecified atom stereocenters. The number of nitrogens with zero attached hydrogens (tertiary/aromatic N) is 1. The molecular formula is C21H16ClN3O2. The minimum absolute atomic E-state index is 0.00649. The number of nitriles is 1. The molecule has 0 spiro atoms. The fraction of sp³-hybridized carbons (Fsp3) is 0.0476. The summed E-state index contributed by atoms with van der Waals surface area (Å²) < 4.78 is 5.86. The number of carbonyl (C=O) groups is 1. The van der Waals surface area contributed by atoms with Crippen LogP contribution in [0.5, 0.6) is 11.5 Å². The highest BCUT2D eigenvalue weighted by Crippen LogP contribution is 2.29. The molecule has 0 radical (unpaired) electrons. The van der Waals surface area contributed by atoms with E-state index < -0.39 is 0 Å². The summed E-state index contributed by atoms with van der Waals surface area (Å²) in [6.07, 6.45) is 0. The van der Waals surface area contributed by atoms with Gasteiger partial charge in [0.1, 0.15) is 11.8 Å². The van der Waals surface area contributed by atoms with Crippen molar-refractivity contribution in [2.45, 2.75) is 0 Å². The molecule has 0 aliphatic carbocycles. The zero-order chi connectivity index (χ0) is 19.1. The van der Waals surface area contributed by atoms with E-state index in [0.29, 0.717) is 33.5 Å². The lowest BCUT2D eigenvalue weighted by Gasteiger charge is -2.13. The van der Waals surface area contributed by atoms with E-state index in [1.165, 1.54) is 0 Å². The molecule has 0 heterocycles. The highest BCUT2D eigenvalue weighted by molar-refractivity contribution is 6.31. The number of halogens is 1. The van der Waals surface area contributed by atoms with E-state index in [0.717, 1.165) is 0 Å². The second-order valence-corrected chi connectivity index (χ2v) is 6.05. The van der Waals surface area contributed by atoms with Crippen molar-refractivity contribution in [1.82, 2.24) is 0 Å². The van der Waals surface area contributed by atoms with Gasteiger partial charge in [0.15, 0.2) is 5.75 Å². The largest absolute Gasteiger partial charge is 0.455 e. The van der Waals surface area contributed by atoms with E-state index in [-0.39, 0.29) is 12.5 Å². The van der Waals surface area contributed by atoms with Crippen molar-refractivity contribution in [3.63, 3.8) is 0 Å². The molecule has 0 fully saturated rings. The average molecular weight is 378 g/mol. The second kappa shape index (κ2) is 8.75. The van der Waals surface area contributed by atoms with Crippen molar-refractivity contribution in [1.29, 1.82) is 5.26 Å². The molecule has 0 bridgehead atoms. The number of rotatable bonds is 6. The predicted molar refractivity (Wildman–Crippen MR) is 106 cm³/mol. The van der Waals surface area contributed by atoms with Gasteiger partial charge in [-0.1, -0.05) is 41.9 Å². The Morgan fingerprint density at radius 1 is 1.00 bits per heavy atom. The van der Waals surface area contributed by atoms with Crippen molar-refractivity contribution in [2.75, 3.05) is 17.2 Å². The van der Waals surface area contributed by atoms with Crippen LogP contribution in [0.4, 0.5) is 11.4 Å². The van der Waals surface area contributed by atoms with E-state index >= 15 is 0 Å².